The number of aryl methyl sites for hydroxylation is 2. The van der Waals surface area contributed by atoms with E-state index in [-0.39, 0.29) is 0 Å². The highest BCUT2D eigenvalue weighted by molar-refractivity contribution is 5.31. The zero-order valence-corrected chi connectivity index (χ0v) is 9.59. The predicted molar refractivity (Wildman–Crippen MR) is 60.5 cm³/mol. The lowest BCUT2D eigenvalue weighted by Gasteiger charge is -2.22. The Morgan fingerprint density at radius 2 is 1.93 bits per heavy atom. The van der Waals surface area contributed by atoms with Gasteiger partial charge in [0.25, 0.3) is 0 Å². The summed E-state index contributed by atoms with van der Waals surface area (Å²) in [5.74, 6) is 0. The Bertz CT molecular complexity index is 313. The molecule has 0 saturated heterocycles. The third kappa shape index (κ3) is 2.85. The monoisotopic (exact) mass is 192 g/mol. The summed E-state index contributed by atoms with van der Waals surface area (Å²) in [7, 11) is 0. The molecule has 1 heteroatoms. The topological polar surface area (TPSA) is 20.2 Å². The molecule has 0 amide bonds. The zero-order chi connectivity index (χ0) is 10.8. The molecular formula is C13H20O. The van der Waals surface area contributed by atoms with Crippen molar-refractivity contribution in [1.29, 1.82) is 0 Å². The zero-order valence-electron chi connectivity index (χ0n) is 9.59. The van der Waals surface area contributed by atoms with Gasteiger partial charge in [0, 0.05) is 6.42 Å². The predicted octanol–water partition coefficient (Wildman–Crippen LogP) is 3.01. The van der Waals surface area contributed by atoms with Gasteiger partial charge in [-0.25, -0.2) is 0 Å². The van der Waals surface area contributed by atoms with E-state index in [0.29, 0.717) is 0 Å². The van der Waals surface area contributed by atoms with Gasteiger partial charge in [-0.2, -0.15) is 0 Å². The maximum atomic E-state index is 9.99. The van der Waals surface area contributed by atoms with E-state index >= 15 is 0 Å². The second kappa shape index (κ2) is 4.14. The minimum atomic E-state index is -0.571. The maximum Gasteiger partial charge on any atom is 0.0657 e. The second-order valence-electron chi connectivity index (χ2n) is 4.46. The Balaban J connectivity index is 2.91. The van der Waals surface area contributed by atoms with Crippen molar-refractivity contribution in [1.82, 2.24) is 0 Å². The van der Waals surface area contributed by atoms with Crippen LogP contribution in [0.3, 0.4) is 0 Å². The highest BCUT2D eigenvalue weighted by atomic mass is 16.3. The van der Waals surface area contributed by atoms with Gasteiger partial charge in [0.1, 0.15) is 0 Å². The van der Waals surface area contributed by atoms with Gasteiger partial charge in [0.2, 0.25) is 0 Å². The molecule has 0 fully saturated rings. The lowest BCUT2D eigenvalue weighted by atomic mass is 9.91. The van der Waals surface area contributed by atoms with Gasteiger partial charge in [-0.15, -0.1) is 0 Å². The highest BCUT2D eigenvalue weighted by Gasteiger charge is 2.18. The molecule has 0 bridgehead atoms. The first-order valence-corrected chi connectivity index (χ1v) is 5.23. The molecule has 1 aromatic carbocycles. The lowest BCUT2D eigenvalue weighted by Crippen LogP contribution is -2.26. The third-order valence-corrected chi connectivity index (χ3v) is 2.84. The van der Waals surface area contributed by atoms with Gasteiger partial charge in [0.15, 0.2) is 0 Å². The third-order valence-electron chi connectivity index (χ3n) is 2.84. The number of rotatable bonds is 3. The van der Waals surface area contributed by atoms with E-state index in [1.807, 2.05) is 13.8 Å². The summed E-state index contributed by atoms with van der Waals surface area (Å²) in [6, 6.07) is 6.40. The number of aliphatic hydroxyl groups is 1. The molecule has 1 N–H and O–H groups in total. The molecule has 0 heterocycles. The van der Waals surface area contributed by atoms with E-state index in [9.17, 15) is 5.11 Å². The van der Waals surface area contributed by atoms with Crippen LogP contribution in [0.15, 0.2) is 18.2 Å². The summed E-state index contributed by atoms with van der Waals surface area (Å²) in [4.78, 5) is 0. The molecule has 1 nitrogen and oxygen atoms in total. The molecule has 1 unspecified atom stereocenters. The molecule has 78 valence electrons. The molecule has 0 saturated carbocycles. The summed E-state index contributed by atoms with van der Waals surface area (Å²) < 4.78 is 0. The van der Waals surface area contributed by atoms with Gasteiger partial charge in [-0.1, -0.05) is 30.7 Å². The summed E-state index contributed by atoms with van der Waals surface area (Å²) in [5, 5.41) is 9.99. The fourth-order valence-electron chi connectivity index (χ4n) is 1.53. The Labute approximate surface area is 86.8 Å². The molecular weight excluding hydrogens is 172 g/mol. The summed E-state index contributed by atoms with van der Waals surface area (Å²) in [6.45, 7) is 8.10. The Hall–Kier alpha value is -0.820. The minimum absolute atomic E-state index is 0.571. The van der Waals surface area contributed by atoms with E-state index in [4.69, 9.17) is 0 Å². The van der Waals surface area contributed by atoms with Crippen LogP contribution < -0.4 is 0 Å². The summed E-state index contributed by atoms with van der Waals surface area (Å²) >= 11 is 0. The van der Waals surface area contributed by atoms with E-state index in [2.05, 4.69) is 32.0 Å². The van der Waals surface area contributed by atoms with Crippen LogP contribution >= 0.6 is 0 Å². The standard InChI is InChI=1S/C13H20O/c1-5-13(4,14)9-12-8-10(2)6-7-11(12)3/h6-8,14H,5,9H2,1-4H3. The van der Waals surface area contributed by atoms with Gasteiger partial charge < -0.3 is 5.11 Å². The Kier molecular flexibility index (Phi) is 3.33. The van der Waals surface area contributed by atoms with Crippen molar-refractivity contribution in [2.75, 3.05) is 0 Å². The number of hydrogen-bond acceptors (Lipinski definition) is 1. The minimum Gasteiger partial charge on any atom is -0.390 e. The number of hydrogen-bond donors (Lipinski definition) is 1. The first-order valence-electron chi connectivity index (χ1n) is 5.23. The van der Waals surface area contributed by atoms with Crippen LogP contribution in [0.5, 0.6) is 0 Å². The van der Waals surface area contributed by atoms with Crippen molar-refractivity contribution in [2.24, 2.45) is 0 Å². The highest BCUT2D eigenvalue weighted by Crippen LogP contribution is 2.20. The van der Waals surface area contributed by atoms with Crippen molar-refractivity contribution in [3.8, 4) is 0 Å². The lowest BCUT2D eigenvalue weighted by molar-refractivity contribution is 0.0563. The maximum absolute atomic E-state index is 9.99. The van der Waals surface area contributed by atoms with E-state index < -0.39 is 5.60 Å². The molecule has 0 aliphatic heterocycles. The van der Waals surface area contributed by atoms with Crippen molar-refractivity contribution in [2.45, 2.75) is 46.1 Å². The van der Waals surface area contributed by atoms with Crippen molar-refractivity contribution < 1.29 is 5.11 Å². The fraction of sp³-hybridized carbons (Fsp3) is 0.538. The summed E-state index contributed by atoms with van der Waals surface area (Å²) in [5.41, 5.74) is 3.22. The average Bonchev–Trinajstić information content (AvgIpc) is 2.11. The average molecular weight is 192 g/mol. The Morgan fingerprint density at radius 3 is 2.50 bits per heavy atom. The van der Waals surface area contributed by atoms with Crippen molar-refractivity contribution >= 4 is 0 Å². The van der Waals surface area contributed by atoms with Crippen LogP contribution in [0.2, 0.25) is 0 Å². The van der Waals surface area contributed by atoms with E-state index in [0.717, 1.165) is 12.8 Å². The first-order chi connectivity index (χ1) is 6.44. The van der Waals surface area contributed by atoms with Gasteiger partial charge in [-0.3, -0.25) is 0 Å². The SMILES string of the molecule is CCC(C)(O)Cc1cc(C)ccc1C. The number of benzene rings is 1. The van der Waals surface area contributed by atoms with Crippen LogP contribution in [0.1, 0.15) is 37.0 Å². The van der Waals surface area contributed by atoms with Crippen molar-refractivity contribution in [3.05, 3.63) is 34.9 Å². The van der Waals surface area contributed by atoms with Crippen LogP contribution in [0, 0.1) is 13.8 Å². The molecule has 0 spiro atoms. The second-order valence-corrected chi connectivity index (χ2v) is 4.46. The van der Waals surface area contributed by atoms with Gasteiger partial charge in [-0.05, 0) is 38.3 Å². The molecule has 1 rings (SSSR count). The molecule has 1 atom stereocenters. The van der Waals surface area contributed by atoms with Crippen molar-refractivity contribution in [3.63, 3.8) is 0 Å². The smallest absolute Gasteiger partial charge is 0.0657 e. The molecule has 14 heavy (non-hydrogen) atoms. The molecule has 0 aliphatic rings. The molecule has 0 aliphatic carbocycles. The Morgan fingerprint density at radius 1 is 1.29 bits per heavy atom. The largest absolute Gasteiger partial charge is 0.390 e. The molecule has 0 aromatic heterocycles. The van der Waals surface area contributed by atoms with Crippen LogP contribution in [0.25, 0.3) is 0 Å². The summed E-state index contributed by atoms with van der Waals surface area (Å²) in [6.07, 6.45) is 1.54. The molecule has 0 radical (unpaired) electrons. The quantitative estimate of drug-likeness (QED) is 0.780. The van der Waals surface area contributed by atoms with E-state index in [1.165, 1.54) is 16.7 Å². The van der Waals surface area contributed by atoms with Gasteiger partial charge >= 0.3 is 0 Å². The molecule has 1 aromatic rings. The fourth-order valence-corrected chi connectivity index (χ4v) is 1.53. The van der Waals surface area contributed by atoms with Crippen LogP contribution in [0.4, 0.5) is 0 Å². The van der Waals surface area contributed by atoms with Gasteiger partial charge in [0.05, 0.1) is 5.60 Å². The first kappa shape index (κ1) is 11.3. The van der Waals surface area contributed by atoms with Crippen LogP contribution in [-0.2, 0) is 6.42 Å². The van der Waals surface area contributed by atoms with E-state index in [1.54, 1.807) is 0 Å². The normalized spacial score (nSPS) is 15.2. The van der Waals surface area contributed by atoms with Crippen LogP contribution in [-0.4, -0.2) is 10.7 Å².